The molecule has 0 saturated carbocycles. The minimum Gasteiger partial charge on any atom is -0.337 e. The van der Waals surface area contributed by atoms with E-state index in [0.29, 0.717) is 5.78 Å². The van der Waals surface area contributed by atoms with Gasteiger partial charge >= 0.3 is 0 Å². The summed E-state index contributed by atoms with van der Waals surface area (Å²) in [5.41, 5.74) is 1.95. The van der Waals surface area contributed by atoms with Crippen molar-refractivity contribution in [3.63, 3.8) is 0 Å². The van der Waals surface area contributed by atoms with Gasteiger partial charge in [-0.3, -0.25) is 4.98 Å². The van der Waals surface area contributed by atoms with Gasteiger partial charge in [0.2, 0.25) is 5.95 Å². The summed E-state index contributed by atoms with van der Waals surface area (Å²) in [6, 6.07) is 5.85. The van der Waals surface area contributed by atoms with Gasteiger partial charge in [-0.05, 0) is 18.2 Å². The molecule has 0 unspecified atom stereocenters. The second-order valence-electron chi connectivity index (χ2n) is 4.93. The number of pyridine rings is 1. The van der Waals surface area contributed by atoms with Gasteiger partial charge in [0, 0.05) is 50.3 Å². The summed E-state index contributed by atoms with van der Waals surface area (Å²) in [5.74, 6) is 1.35. The molecule has 0 bridgehead atoms. The molecule has 1 N–H and O–H groups in total. The Labute approximate surface area is 121 Å². The van der Waals surface area contributed by atoms with Gasteiger partial charge in [0.15, 0.2) is 0 Å². The Morgan fingerprint density at radius 3 is 2.81 bits per heavy atom. The van der Waals surface area contributed by atoms with E-state index in [1.165, 1.54) is 0 Å². The Morgan fingerprint density at radius 1 is 1.10 bits per heavy atom. The monoisotopic (exact) mass is 281 g/mol. The van der Waals surface area contributed by atoms with E-state index in [1.54, 1.807) is 16.9 Å². The lowest BCUT2D eigenvalue weighted by atomic mass is 10.2. The number of hydrogen-bond donors (Lipinski definition) is 1. The number of anilines is 1. The third kappa shape index (κ3) is 2.21. The number of fused-ring (bicyclic) bond motifs is 1. The van der Waals surface area contributed by atoms with Gasteiger partial charge in [-0.25, -0.2) is 4.98 Å². The molecule has 1 aliphatic heterocycles. The number of piperazine rings is 1. The van der Waals surface area contributed by atoms with E-state index >= 15 is 0 Å². The average Bonchev–Trinajstić information content (AvgIpc) is 3.00. The topological polar surface area (TPSA) is 71.2 Å². The van der Waals surface area contributed by atoms with E-state index in [1.807, 2.05) is 24.4 Å². The molecule has 0 radical (unpaired) electrons. The van der Waals surface area contributed by atoms with E-state index in [4.69, 9.17) is 0 Å². The first-order valence-electron chi connectivity index (χ1n) is 7.00. The van der Waals surface area contributed by atoms with Gasteiger partial charge in [-0.2, -0.15) is 9.50 Å². The first-order chi connectivity index (χ1) is 10.4. The van der Waals surface area contributed by atoms with Crippen molar-refractivity contribution in [3.05, 3.63) is 36.8 Å². The van der Waals surface area contributed by atoms with Crippen molar-refractivity contribution in [1.29, 1.82) is 0 Å². The van der Waals surface area contributed by atoms with Crippen LogP contribution in [0.4, 0.5) is 5.95 Å². The summed E-state index contributed by atoms with van der Waals surface area (Å²) < 4.78 is 1.79. The Kier molecular flexibility index (Phi) is 2.97. The highest BCUT2D eigenvalue weighted by Crippen LogP contribution is 2.19. The molecule has 7 nitrogen and oxygen atoms in total. The molecular weight excluding hydrogens is 266 g/mol. The first kappa shape index (κ1) is 12.2. The van der Waals surface area contributed by atoms with Crippen LogP contribution in [0.25, 0.3) is 17.0 Å². The summed E-state index contributed by atoms with van der Waals surface area (Å²) in [6.45, 7) is 3.75. The Hall–Kier alpha value is -2.54. The van der Waals surface area contributed by atoms with Crippen molar-refractivity contribution in [2.24, 2.45) is 0 Å². The highest BCUT2D eigenvalue weighted by molar-refractivity contribution is 5.60. The maximum absolute atomic E-state index is 4.63. The van der Waals surface area contributed by atoms with Gasteiger partial charge < -0.3 is 10.2 Å². The fourth-order valence-corrected chi connectivity index (χ4v) is 2.52. The standard InChI is InChI=1S/C14H15N7/c1-2-11(10-16-4-1)12-3-5-17-13-18-14(19-21(12)13)20-8-6-15-7-9-20/h1-5,10,15H,6-9H2. The molecule has 0 aliphatic carbocycles. The van der Waals surface area contributed by atoms with Crippen molar-refractivity contribution in [3.8, 4) is 11.3 Å². The van der Waals surface area contributed by atoms with Crippen LogP contribution in [0.1, 0.15) is 0 Å². The van der Waals surface area contributed by atoms with E-state index < -0.39 is 0 Å². The third-order valence-corrected chi connectivity index (χ3v) is 3.59. The lowest BCUT2D eigenvalue weighted by Crippen LogP contribution is -2.44. The SMILES string of the molecule is c1cncc(-c2ccnc3nc(N4CCNCC4)nn23)c1. The molecule has 1 aliphatic rings. The van der Waals surface area contributed by atoms with Crippen LogP contribution in [0.5, 0.6) is 0 Å². The van der Waals surface area contributed by atoms with Gasteiger partial charge in [-0.15, -0.1) is 5.10 Å². The second kappa shape index (κ2) is 5.10. The first-order valence-corrected chi connectivity index (χ1v) is 7.00. The zero-order valence-electron chi connectivity index (χ0n) is 11.5. The van der Waals surface area contributed by atoms with Crippen LogP contribution >= 0.6 is 0 Å². The van der Waals surface area contributed by atoms with Crippen LogP contribution in [-0.4, -0.2) is 50.7 Å². The molecule has 0 spiro atoms. The predicted octanol–water partition coefficient (Wildman–Crippen LogP) is 0.596. The zero-order chi connectivity index (χ0) is 14.1. The molecular formula is C14H15N7. The highest BCUT2D eigenvalue weighted by atomic mass is 15.4. The normalized spacial score (nSPS) is 15.5. The van der Waals surface area contributed by atoms with Crippen LogP contribution in [0, 0.1) is 0 Å². The molecule has 106 valence electrons. The number of nitrogens with zero attached hydrogens (tertiary/aromatic N) is 6. The molecule has 3 aromatic heterocycles. The maximum atomic E-state index is 4.63. The molecule has 21 heavy (non-hydrogen) atoms. The number of aromatic nitrogens is 5. The predicted molar refractivity (Wildman–Crippen MR) is 79.1 cm³/mol. The Morgan fingerprint density at radius 2 is 2.00 bits per heavy atom. The fraction of sp³-hybridized carbons (Fsp3) is 0.286. The summed E-state index contributed by atoms with van der Waals surface area (Å²) in [6.07, 6.45) is 5.34. The zero-order valence-corrected chi connectivity index (χ0v) is 11.5. The van der Waals surface area contributed by atoms with Crippen LogP contribution in [-0.2, 0) is 0 Å². The third-order valence-electron chi connectivity index (χ3n) is 3.59. The van der Waals surface area contributed by atoms with Crippen LogP contribution in [0.2, 0.25) is 0 Å². The summed E-state index contributed by atoms with van der Waals surface area (Å²) in [5, 5.41) is 7.95. The van der Waals surface area contributed by atoms with Crippen molar-refractivity contribution in [2.75, 3.05) is 31.1 Å². The molecule has 0 amide bonds. The minimum atomic E-state index is 0.616. The van der Waals surface area contributed by atoms with Crippen molar-refractivity contribution < 1.29 is 0 Å². The summed E-state index contributed by atoms with van der Waals surface area (Å²) >= 11 is 0. The Balaban J connectivity index is 1.80. The maximum Gasteiger partial charge on any atom is 0.254 e. The molecule has 1 fully saturated rings. The van der Waals surface area contributed by atoms with E-state index in [9.17, 15) is 0 Å². The largest absolute Gasteiger partial charge is 0.337 e. The van der Waals surface area contributed by atoms with Gasteiger partial charge in [0.25, 0.3) is 5.78 Å². The van der Waals surface area contributed by atoms with Crippen LogP contribution < -0.4 is 10.2 Å². The van der Waals surface area contributed by atoms with E-state index in [0.717, 1.165) is 43.4 Å². The van der Waals surface area contributed by atoms with E-state index in [-0.39, 0.29) is 0 Å². The van der Waals surface area contributed by atoms with Gasteiger partial charge in [0.05, 0.1) is 5.69 Å². The van der Waals surface area contributed by atoms with Crippen molar-refractivity contribution >= 4 is 11.7 Å². The summed E-state index contributed by atoms with van der Waals surface area (Å²) in [7, 11) is 0. The smallest absolute Gasteiger partial charge is 0.254 e. The molecule has 3 aromatic rings. The Bertz CT molecular complexity index is 746. The van der Waals surface area contributed by atoms with Crippen LogP contribution in [0.3, 0.4) is 0 Å². The molecule has 0 aromatic carbocycles. The molecule has 7 heteroatoms. The fourth-order valence-electron chi connectivity index (χ4n) is 2.52. The summed E-state index contributed by atoms with van der Waals surface area (Å²) in [4.78, 5) is 15.2. The molecule has 4 rings (SSSR count). The number of hydrogen-bond acceptors (Lipinski definition) is 6. The minimum absolute atomic E-state index is 0.616. The molecule has 0 atom stereocenters. The highest BCUT2D eigenvalue weighted by Gasteiger charge is 2.17. The average molecular weight is 281 g/mol. The van der Waals surface area contributed by atoms with Crippen LogP contribution in [0.15, 0.2) is 36.8 Å². The molecule has 4 heterocycles. The molecule has 1 saturated heterocycles. The van der Waals surface area contributed by atoms with E-state index in [2.05, 4.69) is 30.3 Å². The van der Waals surface area contributed by atoms with Gasteiger partial charge in [-0.1, -0.05) is 0 Å². The van der Waals surface area contributed by atoms with Crippen molar-refractivity contribution in [2.45, 2.75) is 0 Å². The lowest BCUT2D eigenvalue weighted by Gasteiger charge is -2.25. The van der Waals surface area contributed by atoms with Crippen molar-refractivity contribution in [1.82, 2.24) is 29.9 Å². The number of rotatable bonds is 2. The second-order valence-corrected chi connectivity index (χ2v) is 4.93. The lowest BCUT2D eigenvalue weighted by molar-refractivity contribution is 0.580. The quantitative estimate of drug-likeness (QED) is 0.741. The number of nitrogens with one attached hydrogen (secondary N) is 1. The van der Waals surface area contributed by atoms with Gasteiger partial charge in [0.1, 0.15) is 0 Å².